The zero-order valence-corrected chi connectivity index (χ0v) is 14.2. The fraction of sp³-hybridized carbons (Fsp3) is 0.533. The third kappa shape index (κ3) is 4.82. The molecule has 0 saturated heterocycles. The molecule has 0 aliphatic rings. The third-order valence-corrected chi connectivity index (χ3v) is 3.24. The van der Waals surface area contributed by atoms with Crippen LogP contribution >= 0.6 is 0 Å². The summed E-state index contributed by atoms with van der Waals surface area (Å²) in [6.07, 6.45) is 2.93. The van der Waals surface area contributed by atoms with Crippen LogP contribution in [-0.4, -0.2) is 31.7 Å². The summed E-state index contributed by atoms with van der Waals surface area (Å²) in [6.45, 7) is 8.05. The zero-order chi connectivity index (χ0) is 17.0. The summed E-state index contributed by atoms with van der Waals surface area (Å²) in [5.74, 6) is 0.531. The number of hydrogen-bond acceptors (Lipinski definition) is 5. The van der Waals surface area contributed by atoms with E-state index in [-0.39, 0.29) is 6.04 Å². The van der Waals surface area contributed by atoms with Crippen molar-refractivity contribution in [3.8, 4) is 0 Å². The Labute approximate surface area is 135 Å². The number of aromatic nitrogens is 4. The van der Waals surface area contributed by atoms with Gasteiger partial charge in [-0.2, -0.15) is 10.2 Å². The summed E-state index contributed by atoms with van der Waals surface area (Å²) in [7, 11) is 1.90. The lowest BCUT2D eigenvalue weighted by molar-refractivity contribution is 0.0635. The predicted molar refractivity (Wildman–Crippen MR) is 86.9 cm³/mol. The number of aromatic amines is 1. The second-order valence-electron chi connectivity index (χ2n) is 6.38. The molecule has 1 amide bonds. The Bertz CT molecular complexity index is 655. The average molecular weight is 320 g/mol. The molecule has 3 N–H and O–H groups in total. The molecule has 2 rings (SSSR count). The zero-order valence-electron chi connectivity index (χ0n) is 14.2. The quantitative estimate of drug-likeness (QED) is 0.785. The van der Waals surface area contributed by atoms with Crippen molar-refractivity contribution >= 4 is 11.9 Å². The van der Waals surface area contributed by atoms with Gasteiger partial charge in [0.2, 0.25) is 0 Å². The van der Waals surface area contributed by atoms with Crippen LogP contribution in [-0.2, 0) is 18.3 Å². The van der Waals surface area contributed by atoms with E-state index in [4.69, 9.17) is 4.74 Å². The van der Waals surface area contributed by atoms with E-state index >= 15 is 0 Å². The van der Waals surface area contributed by atoms with Crippen LogP contribution in [0.2, 0.25) is 0 Å². The van der Waals surface area contributed by atoms with Crippen molar-refractivity contribution in [2.45, 2.75) is 45.9 Å². The van der Waals surface area contributed by atoms with Crippen molar-refractivity contribution in [1.29, 1.82) is 0 Å². The predicted octanol–water partition coefficient (Wildman–Crippen LogP) is 2.34. The maximum absolute atomic E-state index is 11.8. The Hall–Kier alpha value is -2.35. The molecular formula is C15H24N6O2. The molecule has 0 aromatic carbocycles. The van der Waals surface area contributed by atoms with E-state index in [1.165, 1.54) is 0 Å². The second kappa shape index (κ2) is 6.82. The van der Waals surface area contributed by atoms with Gasteiger partial charge in [0.1, 0.15) is 11.4 Å². The van der Waals surface area contributed by atoms with Gasteiger partial charge < -0.3 is 10.1 Å². The highest BCUT2D eigenvalue weighted by Crippen LogP contribution is 2.16. The van der Waals surface area contributed by atoms with Gasteiger partial charge in [0.15, 0.2) is 0 Å². The van der Waals surface area contributed by atoms with Gasteiger partial charge in [-0.25, -0.2) is 4.79 Å². The second-order valence-corrected chi connectivity index (χ2v) is 6.38. The van der Waals surface area contributed by atoms with E-state index in [0.29, 0.717) is 12.4 Å². The van der Waals surface area contributed by atoms with Crippen LogP contribution in [0.15, 0.2) is 18.5 Å². The maximum Gasteiger partial charge on any atom is 0.413 e. The fourth-order valence-electron chi connectivity index (χ4n) is 2.14. The molecule has 0 radical (unpaired) electrons. The molecule has 0 aliphatic heterocycles. The number of ether oxygens (including phenoxy) is 1. The molecule has 0 spiro atoms. The Kier molecular flexibility index (Phi) is 5.05. The fourth-order valence-corrected chi connectivity index (χ4v) is 2.14. The van der Waals surface area contributed by atoms with Crippen LogP contribution < -0.4 is 10.6 Å². The summed E-state index contributed by atoms with van der Waals surface area (Å²) in [6, 6.07) is 2.08. The molecule has 0 fully saturated rings. The summed E-state index contributed by atoms with van der Waals surface area (Å²) in [5.41, 5.74) is 1.39. The van der Waals surface area contributed by atoms with Gasteiger partial charge in [-0.05, 0) is 33.8 Å². The number of rotatable bonds is 5. The number of H-pyrrole nitrogens is 1. The molecule has 8 nitrogen and oxygen atoms in total. The minimum atomic E-state index is -0.545. The molecule has 126 valence electrons. The Morgan fingerprint density at radius 1 is 1.48 bits per heavy atom. The molecule has 2 aromatic heterocycles. The van der Waals surface area contributed by atoms with E-state index in [1.807, 2.05) is 38.6 Å². The van der Waals surface area contributed by atoms with Crippen molar-refractivity contribution in [2.75, 3.05) is 5.32 Å². The van der Waals surface area contributed by atoms with Crippen molar-refractivity contribution in [3.05, 3.63) is 29.7 Å². The number of nitrogens with zero attached hydrogens (tertiary/aromatic N) is 3. The van der Waals surface area contributed by atoms with Crippen LogP contribution in [0.25, 0.3) is 0 Å². The van der Waals surface area contributed by atoms with E-state index in [0.717, 1.165) is 11.3 Å². The molecule has 0 saturated carbocycles. The van der Waals surface area contributed by atoms with E-state index < -0.39 is 11.7 Å². The normalized spacial score (nSPS) is 12.9. The summed E-state index contributed by atoms with van der Waals surface area (Å²) in [5, 5.41) is 17.0. The van der Waals surface area contributed by atoms with Crippen LogP contribution in [0, 0.1) is 0 Å². The smallest absolute Gasteiger partial charge is 0.413 e. The van der Waals surface area contributed by atoms with Crippen LogP contribution in [0.3, 0.4) is 0 Å². The monoisotopic (exact) mass is 320 g/mol. The first-order chi connectivity index (χ1) is 10.8. The summed E-state index contributed by atoms with van der Waals surface area (Å²) in [4.78, 5) is 11.8. The average Bonchev–Trinajstić information content (AvgIpc) is 3.03. The largest absolute Gasteiger partial charge is 0.444 e. The highest BCUT2D eigenvalue weighted by molar-refractivity contribution is 5.84. The summed E-state index contributed by atoms with van der Waals surface area (Å²) < 4.78 is 7.06. The Morgan fingerprint density at radius 3 is 2.83 bits per heavy atom. The van der Waals surface area contributed by atoms with E-state index in [2.05, 4.69) is 32.9 Å². The number of aryl methyl sites for hydroxylation is 1. The van der Waals surface area contributed by atoms with Gasteiger partial charge in [-0.3, -0.25) is 15.1 Å². The Balaban J connectivity index is 1.93. The molecule has 23 heavy (non-hydrogen) atoms. The van der Waals surface area contributed by atoms with Gasteiger partial charge >= 0.3 is 6.09 Å². The number of carbonyl (C=O) groups is 1. The topological polar surface area (TPSA) is 96.9 Å². The third-order valence-electron chi connectivity index (χ3n) is 3.24. The number of anilines is 1. The molecule has 0 aliphatic carbocycles. The first-order valence-electron chi connectivity index (χ1n) is 7.50. The minimum Gasteiger partial charge on any atom is -0.444 e. The van der Waals surface area contributed by atoms with Crippen molar-refractivity contribution in [2.24, 2.45) is 7.05 Å². The number of hydrogen-bond donors (Lipinski definition) is 3. The number of carbonyl (C=O) groups excluding carboxylic acids is 1. The van der Waals surface area contributed by atoms with E-state index in [1.54, 1.807) is 12.4 Å². The lowest BCUT2D eigenvalue weighted by atomic mass is 10.2. The van der Waals surface area contributed by atoms with Crippen LogP contribution in [0.1, 0.15) is 45.0 Å². The van der Waals surface area contributed by atoms with Gasteiger partial charge in [0.05, 0.1) is 11.9 Å². The first-order valence-corrected chi connectivity index (χ1v) is 7.50. The molecule has 1 atom stereocenters. The van der Waals surface area contributed by atoms with Gasteiger partial charge in [0.25, 0.3) is 0 Å². The molecule has 2 heterocycles. The van der Waals surface area contributed by atoms with Gasteiger partial charge in [-0.1, -0.05) is 0 Å². The number of amides is 1. The Morgan fingerprint density at radius 2 is 2.22 bits per heavy atom. The SMILES string of the molecule is CC(NCc1cn[nH]c1NC(=O)OC(C)(C)C)c1ccnn1C. The van der Waals surface area contributed by atoms with Gasteiger partial charge in [0, 0.05) is 31.4 Å². The molecule has 1 unspecified atom stereocenters. The molecular weight excluding hydrogens is 296 g/mol. The number of nitrogens with one attached hydrogen (secondary N) is 3. The van der Waals surface area contributed by atoms with Crippen LogP contribution in [0.5, 0.6) is 0 Å². The molecule has 0 bridgehead atoms. The van der Waals surface area contributed by atoms with Crippen molar-refractivity contribution in [1.82, 2.24) is 25.3 Å². The molecule has 2 aromatic rings. The van der Waals surface area contributed by atoms with E-state index in [9.17, 15) is 4.79 Å². The maximum atomic E-state index is 11.8. The minimum absolute atomic E-state index is 0.117. The lowest BCUT2D eigenvalue weighted by Gasteiger charge is -2.19. The standard InChI is InChI=1S/C15H24N6O2/c1-10(12-6-7-18-21(12)5)16-8-11-9-17-20-13(11)19-14(22)23-15(2,3)4/h6-7,9-10,16H,8H2,1-5H3,(H2,17,19,20,22). The van der Waals surface area contributed by atoms with Crippen LogP contribution in [0.4, 0.5) is 10.6 Å². The van der Waals surface area contributed by atoms with Crippen molar-refractivity contribution < 1.29 is 9.53 Å². The molecule has 8 heteroatoms. The van der Waals surface area contributed by atoms with Gasteiger partial charge in [-0.15, -0.1) is 0 Å². The highest BCUT2D eigenvalue weighted by atomic mass is 16.6. The lowest BCUT2D eigenvalue weighted by Crippen LogP contribution is -2.28. The first kappa shape index (κ1) is 17.0. The highest BCUT2D eigenvalue weighted by Gasteiger charge is 2.18. The van der Waals surface area contributed by atoms with Crippen molar-refractivity contribution in [3.63, 3.8) is 0 Å². The summed E-state index contributed by atoms with van der Waals surface area (Å²) >= 11 is 0.